The Morgan fingerprint density at radius 1 is 1.05 bits per heavy atom. The van der Waals surface area contributed by atoms with Crippen molar-refractivity contribution in [3.63, 3.8) is 0 Å². The fourth-order valence-electron chi connectivity index (χ4n) is 2.24. The molecule has 0 spiro atoms. The van der Waals surface area contributed by atoms with E-state index in [-0.39, 0.29) is 0 Å². The van der Waals surface area contributed by atoms with Crippen molar-refractivity contribution in [3.05, 3.63) is 50.7 Å². The molecule has 0 saturated carbocycles. The van der Waals surface area contributed by atoms with Crippen LogP contribution in [0.25, 0.3) is 0 Å². The Hall–Kier alpha value is -1.32. The van der Waals surface area contributed by atoms with Crippen LogP contribution in [0, 0.1) is 20.8 Å². The van der Waals surface area contributed by atoms with Gasteiger partial charge in [0.25, 0.3) is 0 Å². The van der Waals surface area contributed by atoms with E-state index in [2.05, 4.69) is 57.3 Å². The predicted octanol–water partition coefficient (Wildman–Crippen LogP) is 4.36. The Morgan fingerprint density at radius 3 is 2.40 bits per heavy atom. The highest BCUT2D eigenvalue weighted by atomic mass is 32.1. The van der Waals surface area contributed by atoms with E-state index in [1.807, 2.05) is 11.3 Å². The summed E-state index contributed by atoms with van der Waals surface area (Å²) in [6, 6.07) is 8.60. The van der Waals surface area contributed by atoms with Crippen molar-refractivity contribution in [1.82, 2.24) is 5.32 Å². The lowest BCUT2D eigenvalue weighted by Crippen LogP contribution is -2.10. The molecule has 0 fully saturated rings. The highest BCUT2D eigenvalue weighted by Gasteiger charge is 2.06. The fourth-order valence-corrected chi connectivity index (χ4v) is 3.26. The number of aryl methyl sites for hydroxylation is 3. The number of hydrogen-bond acceptors (Lipinski definition) is 3. The van der Waals surface area contributed by atoms with E-state index in [1.165, 1.54) is 26.4 Å². The number of rotatable bonds is 6. The summed E-state index contributed by atoms with van der Waals surface area (Å²) < 4.78 is 5.94. The molecule has 0 radical (unpaired) electrons. The molecule has 0 saturated heterocycles. The molecule has 1 N–H and O–H groups in total. The molecule has 2 rings (SSSR count). The molecule has 0 amide bonds. The molecule has 108 valence electrons. The van der Waals surface area contributed by atoms with Crippen LogP contribution in [-0.4, -0.2) is 6.54 Å². The molecule has 2 nitrogen and oxygen atoms in total. The Kier molecular flexibility index (Phi) is 5.21. The van der Waals surface area contributed by atoms with E-state index >= 15 is 0 Å². The monoisotopic (exact) mass is 289 g/mol. The molecule has 3 heteroatoms. The van der Waals surface area contributed by atoms with Gasteiger partial charge in [-0.2, -0.15) is 0 Å². The van der Waals surface area contributed by atoms with Crippen LogP contribution in [0.5, 0.6) is 5.75 Å². The highest BCUT2D eigenvalue weighted by Crippen LogP contribution is 2.24. The lowest BCUT2D eigenvalue weighted by atomic mass is 10.1. The summed E-state index contributed by atoms with van der Waals surface area (Å²) in [7, 11) is 0. The van der Waals surface area contributed by atoms with E-state index in [1.54, 1.807) is 0 Å². The van der Waals surface area contributed by atoms with Gasteiger partial charge in [0, 0.05) is 21.9 Å². The van der Waals surface area contributed by atoms with Crippen LogP contribution in [0.2, 0.25) is 0 Å². The Labute approximate surface area is 125 Å². The third-order valence-electron chi connectivity index (χ3n) is 3.21. The molecular weight excluding hydrogens is 266 g/mol. The molecule has 1 heterocycles. The SMILES string of the molecule is CCNCc1cc(COc2cc(C)cc(C)c2)c(C)s1. The zero-order valence-corrected chi connectivity index (χ0v) is 13.6. The minimum atomic E-state index is 0.650. The summed E-state index contributed by atoms with van der Waals surface area (Å²) in [5.74, 6) is 0.960. The van der Waals surface area contributed by atoms with Crippen LogP contribution in [0.3, 0.4) is 0 Å². The average Bonchev–Trinajstić information content (AvgIpc) is 2.73. The zero-order chi connectivity index (χ0) is 14.5. The van der Waals surface area contributed by atoms with Crippen molar-refractivity contribution < 1.29 is 4.74 Å². The molecule has 0 bridgehead atoms. The molecule has 2 aromatic rings. The molecule has 0 aliphatic heterocycles. The van der Waals surface area contributed by atoms with Gasteiger partial charge in [0.15, 0.2) is 0 Å². The minimum Gasteiger partial charge on any atom is -0.489 e. The van der Waals surface area contributed by atoms with Gasteiger partial charge >= 0.3 is 0 Å². The fraction of sp³-hybridized carbons (Fsp3) is 0.412. The molecule has 1 aromatic heterocycles. The number of benzene rings is 1. The smallest absolute Gasteiger partial charge is 0.120 e. The van der Waals surface area contributed by atoms with Crippen LogP contribution in [0.1, 0.15) is 33.4 Å². The summed E-state index contributed by atoms with van der Waals surface area (Å²) in [5, 5.41) is 3.36. The summed E-state index contributed by atoms with van der Waals surface area (Å²) in [6.07, 6.45) is 0. The van der Waals surface area contributed by atoms with Gasteiger partial charge in [0.2, 0.25) is 0 Å². The van der Waals surface area contributed by atoms with Crippen LogP contribution >= 0.6 is 11.3 Å². The van der Waals surface area contributed by atoms with Crippen LogP contribution in [-0.2, 0) is 13.2 Å². The van der Waals surface area contributed by atoms with Gasteiger partial charge in [0.05, 0.1) is 0 Å². The van der Waals surface area contributed by atoms with Gasteiger partial charge in [-0.3, -0.25) is 0 Å². The second-order valence-electron chi connectivity index (χ2n) is 5.19. The molecule has 0 aliphatic rings. The van der Waals surface area contributed by atoms with Crippen molar-refractivity contribution >= 4 is 11.3 Å². The lowest BCUT2D eigenvalue weighted by Gasteiger charge is -2.08. The minimum absolute atomic E-state index is 0.650. The van der Waals surface area contributed by atoms with Gasteiger partial charge in [-0.05, 0) is 56.6 Å². The third-order valence-corrected chi connectivity index (χ3v) is 4.30. The standard InChI is InChI=1S/C17H23NOS/c1-5-18-10-17-9-15(14(4)20-17)11-19-16-7-12(2)6-13(3)8-16/h6-9,18H,5,10-11H2,1-4H3. The summed E-state index contributed by atoms with van der Waals surface area (Å²) in [5.41, 5.74) is 3.78. The number of ether oxygens (including phenoxy) is 1. The molecular formula is C17H23NOS. The van der Waals surface area contributed by atoms with E-state index in [0.717, 1.165) is 18.8 Å². The van der Waals surface area contributed by atoms with E-state index in [9.17, 15) is 0 Å². The molecule has 0 aliphatic carbocycles. The molecule has 0 atom stereocenters. The van der Waals surface area contributed by atoms with Crippen molar-refractivity contribution in [1.29, 1.82) is 0 Å². The van der Waals surface area contributed by atoms with Crippen molar-refractivity contribution in [2.24, 2.45) is 0 Å². The molecule has 20 heavy (non-hydrogen) atoms. The van der Waals surface area contributed by atoms with Gasteiger partial charge < -0.3 is 10.1 Å². The van der Waals surface area contributed by atoms with Crippen LogP contribution in [0.15, 0.2) is 24.3 Å². The van der Waals surface area contributed by atoms with E-state index < -0.39 is 0 Å². The van der Waals surface area contributed by atoms with Gasteiger partial charge in [-0.15, -0.1) is 11.3 Å². The maximum absolute atomic E-state index is 5.94. The first kappa shape index (κ1) is 15.1. The Balaban J connectivity index is 2.01. The van der Waals surface area contributed by atoms with Gasteiger partial charge in [-0.1, -0.05) is 13.0 Å². The van der Waals surface area contributed by atoms with Gasteiger partial charge in [0.1, 0.15) is 12.4 Å². The number of nitrogens with one attached hydrogen (secondary N) is 1. The largest absolute Gasteiger partial charge is 0.489 e. The van der Waals surface area contributed by atoms with Crippen LogP contribution < -0.4 is 10.1 Å². The van der Waals surface area contributed by atoms with Crippen molar-refractivity contribution in [2.75, 3.05) is 6.54 Å². The summed E-state index contributed by atoms with van der Waals surface area (Å²) in [6.45, 7) is 11.1. The molecule has 0 unspecified atom stereocenters. The second-order valence-corrected chi connectivity index (χ2v) is 6.53. The van der Waals surface area contributed by atoms with Gasteiger partial charge in [-0.25, -0.2) is 0 Å². The molecule has 1 aromatic carbocycles. The van der Waals surface area contributed by atoms with Crippen molar-refractivity contribution in [2.45, 2.75) is 40.8 Å². The average molecular weight is 289 g/mol. The first-order valence-corrected chi connectivity index (χ1v) is 7.90. The zero-order valence-electron chi connectivity index (χ0n) is 12.7. The Morgan fingerprint density at radius 2 is 1.75 bits per heavy atom. The third kappa shape index (κ3) is 4.09. The summed E-state index contributed by atoms with van der Waals surface area (Å²) in [4.78, 5) is 2.73. The summed E-state index contributed by atoms with van der Waals surface area (Å²) >= 11 is 1.85. The number of thiophene rings is 1. The number of hydrogen-bond donors (Lipinski definition) is 1. The second kappa shape index (κ2) is 6.91. The highest BCUT2D eigenvalue weighted by molar-refractivity contribution is 7.12. The quantitative estimate of drug-likeness (QED) is 0.853. The Bertz CT molecular complexity index is 554. The maximum atomic E-state index is 5.94. The lowest BCUT2D eigenvalue weighted by molar-refractivity contribution is 0.305. The van der Waals surface area contributed by atoms with E-state index in [4.69, 9.17) is 4.74 Å². The van der Waals surface area contributed by atoms with Crippen molar-refractivity contribution in [3.8, 4) is 5.75 Å². The van der Waals surface area contributed by atoms with E-state index in [0.29, 0.717) is 6.61 Å². The normalized spacial score (nSPS) is 10.8. The topological polar surface area (TPSA) is 21.3 Å². The maximum Gasteiger partial charge on any atom is 0.120 e. The van der Waals surface area contributed by atoms with Crippen LogP contribution in [0.4, 0.5) is 0 Å². The first-order valence-electron chi connectivity index (χ1n) is 7.08. The predicted molar refractivity (Wildman–Crippen MR) is 86.7 cm³/mol. The first-order chi connectivity index (χ1) is 9.58.